The van der Waals surface area contributed by atoms with E-state index >= 15 is 0 Å². The molecule has 1 atom stereocenters. The molecule has 0 radical (unpaired) electrons. The number of aromatic nitrogens is 2. The molecule has 1 aromatic heterocycles. The van der Waals surface area contributed by atoms with Gasteiger partial charge in [-0.2, -0.15) is 0 Å². The van der Waals surface area contributed by atoms with E-state index in [0.717, 1.165) is 17.8 Å². The van der Waals surface area contributed by atoms with Crippen molar-refractivity contribution in [2.24, 2.45) is 0 Å². The zero-order valence-electron chi connectivity index (χ0n) is 10.5. The van der Waals surface area contributed by atoms with Crippen LogP contribution in [0, 0.1) is 12.7 Å². The van der Waals surface area contributed by atoms with E-state index in [0.29, 0.717) is 5.56 Å². The summed E-state index contributed by atoms with van der Waals surface area (Å²) in [6, 6.07) is 5.13. The lowest BCUT2D eigenvalue weighted by atomic mass is 10.0. The van der Waals surface area contributed by atoms with Crippen LogP contribution in [0.5, 0.6) is 0 Å². The lowest BCUT2D eigenvalue weighted by Crippen LogP contribution is -2.23. The zero-order valence-corrected chi connectivity index (χ0v) is 10.5. The number of nitrogens with one attached hydrogen (secondary N) is 1. The van der Waals surface area contributed by atoms with Crippen molar-refractivity contribution in [3.63, 3.8) is 0 Å². The van der Waals surface area contributed by atoms with Crippen molar-refractivity contribution in [3.8, 4) is 0 Å². The molecule has 1 heterocycles. The highest BCUT2D eigenvalue weighted by atomic mass is 19.1. The molecule has 0 saturated heterocycles. The Morgan fingerprint density at radius 2 is 2.17 bits per heavy atom. The second kappa shape index (κ2) is 5.69. The second-order valence-electron chi connectivity index (χ2n) is 4.13. The van der Waals surface area contributed by atoms with E-state index < -0.39 is 0 Å². The SMILES string of the molecule is CCNC(c1ccc(C)c(F)c1)c1cnccn1. The minimum atomic E-state index is -0.195. The molecule has 0 aliphatic rings. The van der Waals surface area contributed by atoms with Crippen LogP contribution in [-0.2, 0) is 0 Å². The molecule has 4 heteroatoms. The van der Waals surface area contributed by atoms with Crippen LogP contribution in [-0.4, -0.2) is 16.5 Å². The fourth-order valence-corrected chi connectivity index (χ4v) is 1.85. The van der Waals surface area contributed by atoms with Crippen molar-refractivity contribution < 1.29 is 4.39 Å². The molecule has 0 spiro atoms. The van der Waals surface area contributed by atoms with Crippen molar-refractivity contribution in [1.82, 2.24) is 15.3 Å². The van der Waals surface area contributed by atoms with E-state index in [1.807, 2.05) is 13.0 Å². The number of hydrogen-bond acceptors (Lipinski definition) is 3. The van der Waals surface area contributed by atoms with Crippen LogP contribution in [0.2, 0.25) is 0 Å². The van der Waals surface area contributed by atoms with Gasteiger partial charge < -0.3 is 5.32 Å². The molecular weight excluding hydrogens is 229 g/mol. The standard InChI is InChI=1S/C14H16FN3/c1-3-17-14(13-9-16-6-7-18-13)11-5-4-10(2)12(15)8-11/h4-9,14,17H,3H2,1-2H3. The maximum absolute atomic E-state index is 13.6. The molecule has 1 N–H and O–H groups in total. The van der Waals surface area contributed by atoms with E-state index in [1.165, 1.54) is 0 Å². The predicted molar refractivity (Wildman–Crippen MR) is 68.7 cm³/mol. The molecule has 0 saturated carbocycles. The summed E-state index contributed by atoms with van der Waals surface area (Å²) >= 11 is 0. The summed E-state index contributed by atoms with van der Waals surface area (Å²) in [5, 5.41) is 3.29. The van der Waals surface area contributed by atoms with Crippen LogP contribution < -0.4 is 5.32 Å². The highest BCUT2D eigenvalue weighted by Gasteiger charge is 2.15. The van der Waals surface area contributed by atoms with Crippen molar-refractivity contribution in [2.45, 2.75) is 19.9 Å². The molecule has 1 aromatic carbocycles. The van der Waals surface area contributed by atoms with Crippen LogP contribution in [0.1, 0.15) is 29.8 Å². The Hall–Kier alpha value is -1.81. The molecule has 1 unspecified atom stereocenters. The number of nitrogens with zero attached hydrogens (tertiary/aromatic N) is 2. The quantitative estimate of drug-likeness (QED) is 0.899. The summed E-state index contributed by atoms with van der Waals surface area (Å²) in [4.78, 5) is 8.34. The third-order valence-corrected chi connectivity index (χ3v) is 2.82. The summed E-state index contributed by atoms with van der Waals surface area (Å²) in [5.74, 6) is -0.195. The highest BCUT2D eigenvalue weighted by Crippen LogP contribution is 2.21. The molecule has 0 aliphatic heterocycles. The predicted octanol–water partition coefficient (Wildman–Crippen LogP) is 2.62. The summed E-state index contributed by atoms with van der Waals surface area (Å²) < 4.78 is 13.6. The van der Waals surface area contributed by atoms with Gasteiger partial charge in [0.15, 0.2) is 0 Å². The second-order valence-corrected chi connectivity index (χ2v) is 4.13. The van der Waals surface area contributed by atoms with Crippen LogP contribution in [0.25, 0.3) is 0 Å². The summed E-state index contributed by atoms with van der Waals surface area (Å²) in [6.07, 6.45) is 4.97. The Kier molecular flexibility index (Phi) is 3.99. The maximum atomic E-state index is 13.6. The summed E-state index contributed by atoms with van der Waals surface area (Å²) in [7, 11) is 0. The van der Waals surface area contributed by atoms with Gasteiger partial charge in [0.25, 0.3) is 0 Å². The molecule has 2 rings (SSSR count). The van der Waals surface area contributed by atoms with Crippen LogP contribution in [0.4, 0.5) is 4.39 Å². The van der Waals surface area contributed by atoms with Crippen molar-refractivity contribution in [3.05, 3.63) is 59.4 Å². The number of benzene rings is 1. The molecule has 2 aromatic rings. The zero-order chi connectivity index (χ0) is 13.0. The normalized spacial score (nSPS) is 12.4. The first-order chi connectivity index (χ1) is 8.72. The van der Waals surface area contributed by atoms with E-state index in [9.17, 15) is 4.39 Å². The fourth-order valence-electron chi connectivity index (χ4n) is 1.85. The third kappa shape index (κ3) is 2.71. The van der Waals surface area contributed by atoms with E-state index in [1.54, 1.807) is 37.6 Å². The Morgan fingerprint density at radius 1 is 1.33 bits per heavy atom. The molecule has 0 fully saturated rings. The summed E-state index contributed by atoms with van der Waals surface area (Å²) in [6.45, 7) is 4.54. The molecule has 0 amide bonds. The smallest absolute Gasteiger partial charge is 0.126 e. The van der Waals surface area contributed by atoms with Gasteiger partial charge in [0, 0.05) is 12.4 Å². The first-order valence-corrected chi connectivity index (χ1v) is 5.97. The largest absolute Gasteiger partial charge is 0.305 e. The Bertz CT molecular complexity index is 514. The average Bonchev–Trinajstić information content (AvgIpc) is 2.40. The molecule has 18 heavy (non-hydrogen) atoms. The van der Waals surface area contributed by atoms with Gasteiger partial charge in [-0.15, -0.1) is 0 Å². The van der Waals surface area contributed by atoms with Crippen LogP contribution >= 0.6 is 0 Å². The van der Waals surface area contributed by atoms with E-state index in [2.05, 4.69) is 15.3 Å². The van der Waals surface area contributed by atoms with E-state index in [-0.39, 0.29) is 11.9 Å². The topological polar surface area (TPSA) is 37.8 Å². The number of rotatable bonds is 4. The Labute approximate surface area is 106 Å². The van der Waals surface area contributed by atoms with Gasteiger partial charge in [-0.3, -0.25) is 9.97 Å². The van der Waals surface area contributed by atoms with E-state index in [4.69, 9.17) is 0 Å². The van der Waals surface area contributed by atoms with Gasteiger partial charge in [-0.1, -0.05) is 19.1 Å². The third-order valence-electron chi connectivity index (χ3n) is 2.82. The molecule has 0 bridgehead atoms. The minimum Gasteiger partial charge on any atom is -0.305 e. The van der Waals surface area contributed by atoms with Crippen molar-refractivity contribution >= 4 is 0 Å². The average molecular weight is 245 g/mol. The molecule has 0 aliphatic carbocycles. The number of halogens is 1. The van der Waals surface area contributed by atoms with Gasteiger partial charge in [0.1, 0.15) is 5.82 Å². The summed E-state index contributed by atoms with van der Waals surface area (Å²) in [5.41, 5.74) is 2.30. The Morgan fingerprint density at radius 3 is 2.78 bits per heavy atom. The first-order valence-electron chi connectivity index (χ1n) is 5.97. The first kappa shape index (κ1) is 12.6. The van der Waals surface area contributed by atoms with Crippen LogP contribution in [0.15, 0.2) is 36.8 Å². The highest BCUT2D eigenvalue weighted by molar-refractivity contribution is 5.30. The van der Waals surface area contributed by atoms with Gasteiger partial charge in [0.2, 0.25) is 0 Å². The monoisotopic (exact) mass is 245 g/mol. The molecular formula is C14H16FN3. The fraction of sp³-hybridized carbons (Fsp3) is 0.286. The maximum Gasteiger partial charge on any atom is 0.126 e. The van der Waals surface area contributed by atoms with Gasteiger partial charge >= 0.3 is 0 Å². The number of aryl methyl sites for hydroxylation is 1. The lowest BCUT2D eigenvalue weighted by molar-refractivity contribution is 0.589. The number of hydrogen-bond donors (Lipinski definition) is 1. The molecule has 94 valence electrons. The Balaban J connectivity index is 2.38. The van der Waals surface area contributed by atoms with Gasteiger partial charge in [0.05, 0.1) is 17.9 Å². The van der Waals surface area contributed by atoms with Gasteiger partial charge in [-0.25, -0.2) is 4.39 Å². The van der Waals surface area contributed by atoms with Crippen molar-refractivity contribution in [1.29, 1.82) is 0 Å². The van der Waals surface area contributed by atoms with Gasteiger partial charge in [-0.05, 0) is 30.7 Å². The van der Waals surface area contributed by atoms with Crippen LogP contribution in [0.3, 0.4) is 0 Å². The van der Waals surface area contributed by atoms with Crippen molar-refractivity contribution in [2.75, 3.05) is 6.54 Å². The molecule has 3 nitrogen and oxygen atoms in total. The lowest BCUT2D eigenvalue weighted by Gasteiger charge is -2.17. The minimum absolute atomic E-state index is 0.126.